The van der Waals surface area contributed by atoms with Crippen molar-refractivity contribution in [3.05, 3.63) is 107 Å². The Bertz CT molecular complexity index is 1470. The average molecular weight is 408 g/mol. The molecule has 0 saturated heterocycles. The van der Waals surface area contributed by atoms with Crippen LogP contribution in [0.1, 0.15) is 29.0 Å². The number of fused-ring (bicyclic) bond motifs is 2. The molecule has 2 N–H and O–H groups in total. The first-order valence-electron chi connectivity index (χ1n) is 10.1. The van der Waals surface area contributed by atoms with E-state index in [2.05, 4.69) is 15.4 Å². The zero-order valence-corrected chi connectivity index (χ0v) is 16.9. The number of rotatable bonds is 4. The van der Waals surface area contributed by atoms with Gasteiger partial charge in [-0.25, -0.2) is 4.52 Å². The zero-order chi connectivity index (χ0) is 21.4. The van der Waals surface area contributed by atoms with E-state index in [0.29, 0.717) is 11.2 Å². The number of nitrogens with zero attached hydrogens (tertiary/aromatic N) is 2. The van der Waals surface area contributed by atoms with Crippen molar-refractivity contribution in [2.75, 3.05) is 0 Å². The normalized spacial score (nSPS) is 12.2. The Morgan fingerprint density at radius 2 is 1.71 bits per heavy atom. The second-order valence-electron chi connectivity index (χ2n) is 7.52. The molecular weight excluding hydrogens is 388 g/mol. The van der Waals surface area contributed by atoms with Crippen LogP contribution in [0.4, 0.5) is 0 Å². The lowest BCUT2D eigenvalue weighted by molar-refractivity contribution is 0.0934. The van der Waals surface area contributed by atoms with Gasteiger partial charge in [0.25, 0.3) is 11.5 Å². The summed E-state index contributed by atoms with van der Waals surface area (Å²) in [5.41, 5.74) is 2.73. The topological polar surface area (TPSA) is 79.3 Å². The number of amides is 1. The van der Waals surface area contributed by atoms with Crippen LogP contribution in [0.2, 0.25) is 0 Å². The molecule has 2 heterocycles. The van der Waals surface area contributed by atoms with Crippen LogP contribution >= 0.6 is 0 Å². The second-order valence-corrected chi connectivity index (χ2v) is 7.52. The smallest absolute Gasteiger partial charge is 0.274 e. The maximum atomic E-state index is 12.7. The van der Waals surface area contributed by atoms with E-state index < -0.39 is 0 Å². The quantitative estimate of drug-likeness (QED) is 0.464. The number of carbonyl (C=O) groups excluding carboxylic acids is 1. The molecule has 5 rings (SSSR count). The second kappa shape index (κ2) is 7.57. The third kappa shape index (κ3) is 3.59. The van der Waals surface area contributed by atoms with E-state index in [4.69, 9.17) is 0 Å². The van der Waals surface area contributed by atoms with Gasteiger partial charge in [-0.15, -0.1) is 0 Å². The van der Waals surface area contributed by atoms with Crippen LogP contribution in [-0.2, 0) is 0 Å². The summed E-state index contributed by atoms with van der Waals surface area (Å²) in [6, 6.07) is 25.1. The molecule has 0 fully saturated rings. The fraction of sp³-hybridized carbons (Fsp3) is 0.0800. The molecule has 6 heteroatoms. The van der Waals surface area contributed by atoms with Gasteiger partial charge in [-0.1, -0.05) is 66.7 Å². The number of nitrogens with one attached hydrogen (secondary N) is 2. The van der Waals surface area contributed by atoms with Gasteiger partial charge in [0.1, 0.15) is 5.52 Å². The number of carbonyl (C=O) groups is 1. The van der Waals surface area contributed by atoms with Crippen molar-refractivity contribution in [2.45, 2.75) is 13.0 Å². The van der Waals surface area contributed by atoms with E-state index in [1.807, 2.05) is 79.7 Å². The molecule has 1 amide bonds. The van der Waals surface area contributed by atoms with Gasteiger partial charge in [0.15, 0.2) is 5.69 Å². The molecule has 2 aromatic heterocycles. The van der Waals surface area contributed by atoms with Crippen molar-refractivity contribution >= 4 is 22.2 Å². The highest BCUT2D eigenvalue weighted by atomic mass is 16.2. The lowest BCUT2D eigenvalue weighted by Crippen LogP contribution is -2.27. The molecule has 0 radical (unpaired) electrons. The van der Waals surface area contributed by atoms with Crippen LogP contribution < -0.4 is 10.9 Å². The SMILES string of the molecule is C[C@H](NC(=O)c1cc2c(=O)[nH]c(-c3ccc4ccccc4c3)cn2n1)c1ccccc1. The van der Waals surface area contributed by atoms with Gasteiger partial charge in [0.2, 0.25) is 0 Å². The summed E-state index contributed by atoms with van der Waals surface area (Å²) < 4.78 is 1.46. The molecular formula is C25H20N4O2. The standard InChI is InChI=1S/C25H20N4O2/c1-16(17-7-3-2-4-8-17)26-24(30)21-14-23-25(31)27-22(15-29(23)28-21)20-12-11-18-9-5-6-10-19(18)13-20/h2-16H,1H3,(H,26,30)(H,27,31)/t16-/m0/s1. The summed E-state index contributed by atoms with van der Waals surface area (Å²) in [6.45, 7) is 1.91. The first kappa shape index (κ1) is 18.8. The number of aromatic amines is 1. The van der Waals surface area contributed by atoms with Gasteiger partial charge in [0.05, 0.1) is 17.9 Å². The molecule has 0 bridgehead atoms. The summed E-state index contributed by atoms with van der Waals surface area (Å²) in [5, 5.41) is 9.49. The molecule has 31 heavy (non-hydrogen) atoms. The molecule has 0 aliphatic carbocycles. The maximum Gasteiger partial charge on any atom is 0.274 e. The number of hydrogen-bond donors (Lipinski definition) is 2. The van der Waals surface area contributed by atoms with E-state index in [1.165, 1.54) is 10.6 Å². The zero-order valence-electron chi connectivity index (χ0n) is 16.9. The summed E-state index contributed by atoms with van der Waals surface area (Å²) >= 11 is 0. The molecule has 0 unspecified atom stereocenters. The minimum absolute atomic E-state index is 0.176. The van der Waals surface area contributed by atoms with E-state index in [-0.39, 0.29) is 23.2 Å². The van der Waals surface area contributed by atoms with Gasteiger partial charge < -0.3 is 10.3 Å². The van der Waals surface area contributed by atoms with Crippen molar-refractivity contribution in [3.8, 4) is 11.3 Å². The van der Waals surface area contributed by atoms with E-state index in [0.717, 1.165) is 21.9 Å². The first-order valence-corrected chi connectivity index (χ1v) is 10.1. The van der Waals surface area contributed by atoms with E-state index >= 15 is 0 Å². The molecule has 0 saturated carbocycles. The van der Waals surface area contributed by atoms with Gasteiger partial charge in [0, 0.05) is 11.6 Å². The van der Waals surface area contributed by atoms with Crippen molar-refractivity contribution < 1.29 is 4.79 Å². The summed E-state index contributed by atoms with van der Waals surface area (Å²) in [5.74, 6) is -0.327. The molecule has 0 spiro atoms. The molecule has 1 atom stereocenters. The van der Waals surface area contributed by atoms with Gasteiger partial charge >= 0.3 is 0 Å². The fourth-order valence-electron chi connectivity index (χ4n) is 3.71. The van der Waals surface area contributed by atoms with Gasteiger partial charge in [-0.2, -0.15) is 5.10 Å². The average Bonchev–Trinajstić information content (AvgIpc) is 3.24. The summed E-state index contributed by atoms with van der Waals surface area (Å²) in [7, 11) is 0. The van der Waals surface area contributed by atoms with Crippen molar-refractivity contribution in [2.24, 2.45) is 0 Å². The Morgan fingerprint density at radius 1 is 0.968 bits per heavy atom. The third-order valence-electron chi connectivity index (χ3n) is 5.41. The molecule has 5 aromatic rings. The maximum absolute atomic E-state index is 12.7. The van der Waals surface area contributed by atoms with Crippen LogP contribution in [0.5, 0.6) is 0 Å². The minimum Gasteiger partial charge on any atom is -0.344 e. The Kier molecular flexibility index (Phi) is 4.59. The number of benzene rings is 3. The highest BCUT2D eigenvalue weighted by molar-refractivity contribution is 5.94. The van der Waals surface area contributed by atoms with Crippen LogP contribution in [-0.4, -0.2) is 20.5 Å². The Labute approximate surface area is 178 Å². The van der Waals surface area contributed by atoms with Crippen LogP contribution in [0.25, 0.3) is 27.5 Å². The lowest BCUT2D eigenvalue weighted by Gasteiger charge is -2.12. The van der Waals surface area contributed by atoms with Crippen molar-refractivity contribution in [1.29, 1.82) is 0 Å². The minimum atomic E-state index is -0.327. The van der Waals surface area contributed by atoms with E-state index in [1.54, 1.807) is 6.20 Å². The molecule has 6 nitrogen and oxygen atoms in total. The van der Waals surface area contributed by atoms with Gasteiger partial charge in [-0.05, 0) is 29.3 Å². The third-order valence-corrected chi connectivity index (χ3v) is 5.41. The molecule has 152 valence electrons. The highest BCUT2D eigenvalue weighted by Gasteiger charge is 2.16. The predicted molar refractivity (Wildman–Crippen MR) is 121 cm³/mol. The van der Waals surface area contributed by atoms with E-state index in [9.17, 15) is 9.59 Å². The van der Waals surface area contributed by atoms with Crippen LogP contribution in [0.3, 0.4) is 0 Å². The Hall–Kier alpha value is -4.19. The lowest BCUT2D eigenvalue weighted by atomic mass is 10.1. The summed E-state index contributed by atoms with van der Waals surface area (Å²) in [6.07, 6.45) is 1.73. The van der Waals surface area contributed by atoms with Crippen LogP contribution in [0.15, 0.2) is 89.9 Å². The van der Waals surface area contributed by atoms with Crippen LogP contribution in [0, 0.1) is 0 Å². The number of hydrogen-bond acceptors (Lipinski definition) is 3. The first-order chi connectivity index (χ1) is 15.1. The Morgan fingerprint density at radius 3 is 2.52 bits per heavy atom. The van der Waals surface area contributed by atoms with Crippen molar-refractivity contribution in [1.82, 2.24) is 19.9 Å². The molecule has 0 aliphatic rings. The highest BCUT2D eigenvalue weighted by Crippen LogP contribution is 2.22. The largest absolute Gasteiger partial charge is 0.344 e. The van der Waals surface area contributed by atoms with Gasteiger partial charge in [-0.3, -0.25) is 9.59 Å². The number of H-pyrrole nitrogens is 1. The molecule has 3 aromatic carbocycles. The monoisotopic (exact) mass is 408 g/mol. The van der Waals surface area contributed by atoms with Crippen molar-refractivity contribution in [3.63, 3.8) is 0 Å². The predicted octanol–water partition coefficient (Wildman–Crippen LogP) is 4.33. The number of aromatic nitrogens is 3. The Balaban J connectivity index is 1.47. The fourth-order valence-corrected chi connectivity index (χ4v) is 3.71. The molecule has 0 aliphatic heterocycles. The summed E-state index contributed by atoms with van der Waals surface area (Å²) in [4.78, 5) is 28.3.